The van der Waals surface area contributed by atoms with Crippen LogP contribution < -0.4 is 10.1 Å². The molecule has 1 saturated heterocycles. The summed E-state index contributed by atoms with van der Waals surface area (Å²) in [6.45, 7) is 4.18. The summed E-state index contributed by atoms with van der Waals surface area (Å²) in [4.78, 5) is 38.0. The molecule has 0 aliphatic carbocycles. The minimum Gasteiger partial charge on any atom is -0.483 e. The summed E-state index contributed by atoms with van der Waals surface area (Å²) >= 11 is 4.37. The van der Waals surface area contributed by atoms with Crippen molar-refractivity contribution in [3.63, 3.8) is 0 Å². The maximum Gasteiger partial charge on any atom is 0.293 e. The van der Waals surface area contributed by atoms with Gasteiger partial charge in [0.25, 0.3) is 17.1 Å². The van der Waals surface area contributed by atoms with Crippen LogP contribution in [0, 0.1) is 6.92 Å². The van der Waals surface area contributed by atoms with Crippen molar-refractivity contribution < 1.29 is 19.1 Å². The second kappa shape index (κ2) is 9.95. The summed E-state index contributed by atoms with van der Waals surface area (Å²) in [5, 5.41) is 2.53. The third-order valence-electron chi connectivity index (χ3n) is 4.27. The number of aryl methyl sites for hydroxylation is 1. The number of anilines is 1. The molecule has 8 heteroatoms. The van der Waals surface area contributed by atoms with Gasteiger partial charge in [-0.2, -0.15) is 0 Å². The first-order chi connectivity index (χ1) is 14.4. The molecule has 30 heavy (non-hydrogen) atoms. The van der Waals surface area contributed by atoms with Crippen molar-refractivity contribution in [2.75, 3.05) is 18.5 Å². The molecule has 0 atom stereocenters. The SMILES string of the molecule is CCCN1C(=O)S/C(=C/c2ccc(OCC(=O)Nc3ccc(C)cc3)c(Br)c2)C1=O. The average Bonchev–Trinajstić information content (AvgIpc) is 2.97. The highest BCUT2D eigenvalue weighted by Gasteiger charge is 2.34. The van der Waals surface area contributed by atoms with E-state index in [1.165, 1.54) is 4.90 Å². The number of hydrogen-bond donors (Lipinski definition) is 1. The molecule has 1 fully saturated rings. The summed E-state index contributed by atoms with van der Waals surface area (Å²) in [5.74, 6) is -0.0270. The van der Waals surface area contributed by atoms with Gasteiger partial charge in [0.1, 0.15) is 5.75 Å². The average molecular weight is 489 g/mol. The molecule has 0 bridgehead atoms. The quantitative estimate of drug-likeness (QED) is 0.540. The zero-order chi connectivity index (χ0) is 21.7. The minimum absolute atomic E-state index is 0.137. The van der Waals surface area contributed by atoms with Gasteiger partial charge in [-0.25, -0.2) is 0 Å². The Bertz CT molecular complexity index is 1000. The molecule has 1 N–H and O–H groups in total. The molecule has 0 radical (unpaired) electrons. The van der Waals surface area contributed by atoms with E-state index in [9.17, 15) is 14.4 Å². The second-order valence-electron chi connectivity index (χ2n) is 6.73. The van der Waals surface area contributed by atoms with E-state index in [1.807, 2.05) is 38.1 Å². The van der Waals surface area contributed by atoms with E-state index in [-0.39, 0.29) is 23.7 Å². The molecule has 1 aliphatic rings. The van der Waals surface area contributed by atoms with E-state index in [0.717, 1.165) is 29.3 Å². The Balaban J connectivity index is 1.61. The lowest BCUT2D eigenvalue weighted by Gasteiger charge is -2.10. The number of thioether (sulfide) groups is 1. The Labute approximate surface area is 187 Å². The molecule has 156 valence electrons. The molecule has 0 unspecified atom stereocenters. The number of carbonyl (C=O) groups is 3. The van der Waals surface area contributed by atoms with E-state index in [0.29, 0.717) is 27.4 Å². The molecule has 1 aliphatic heterocycles. The van der Waals surface area contributed by atoms with E-state index < -0.39 is 0 Å². The van der Waals surface area contributed by atoms with Crippen molar-refractivity contribution >= 4 is 56.5 Å². The highest BCUT2D eigenvalue weighted by molar-refractivity contribution is 9.10. The van der Waals surface area contributed by atoms with E-state index in [2.05, 4.69) is 21.2 Å². The molecule has 3 rings (SSSR count). The maximum absolute atomic E-state index is 12.3. The van der Waals surface area contributed by atoms with Crippen molar-refractivity contribution in [2.24, 2.45) is 0 Å². The van der Waals surface area contributed by atoms with Crippen LogP contribution in [0.4, 0.5) is 10.5 Å². The zero-order valence-electron chi connectivity index (χ0n) is 16.6. The lowest BCUT2D eigenvalue weighted by Crippen LogP contribution is -2.28. The van der Waals surface area contributed by atoms with Crippen LogP contribution in [0.5, 0.6) is 5.75 Å². The van der Waals surface area contributed by atoms with Gasteiger partial charge in [0.15, 0.2) is 6.61 Å². The van der Waals surface area contributed by atoms with Gasteiger partial charge in [-0.15, -0.1) is 0 Å². The number of nitrogens with one attached hydrogen (secondary N) is 1. The normalized spacial score (nSPS) is 15.0. The lowest BCUT2D eigenvalue weighted by atomic mass is 10.2. The number of benzene rings is 2. The Morgan fingerprint density at radius 1 is 1.20 bits per heavy atom. The number of nitrogens with zero attached hydrogens (tertiary/aromatic N) is 1. The van der Waals surface area contributed by atoms with Crippen LogP contribution in [0.25, 0.3) is 6.08 Å². The van der Waals surface area contributed by atoms with Crippen LogP contribution in [0.1, 0.15) is 24.5 Å². The van der Waals surface area contributed by atoms with Crippen LogP contribution in [0.15, 0.2) is 51.8 Å². The van der Waals surface area contributed by atoms with Gasteiger partial charge in [0.05, 0.1) is 9.38 Å². The lowest BCUT2D eigenvalue weighted by molar-refractivity contribution is -0.122. The summed E-state index contributed by atoms with van der Waals surface area (Å²) in [7, 11) is 0. The Morgan fingerprint density at radius 3 is 2.60 bits per heavy atom. The van der Waals surface area contributed by atoms with Gasteiger partial charge >= 0.3 is 0 Å². The monoisotopic (exact) mass is 488 g/mol. The van der Waals surface area contributed by atoms with Crippen LogP contribution in [0.2, 0.25) is 0 Å². The number of carbonyl (C=O) groups excluding carboxylic acids is 3. The van der Waals surface area contributed by atoms with Gasteiger partial charge in [-0.1, -0.05) is 30.7 Å². The highest BCUT2D eigenvalue weighted by atomic mass is 79.9. The van der Waals surface area contributed by atoms with Gasteiger partial charge in [-0.05, 0) is 76.9 Å². The second-order valence-corrected chi connectivity index (χ2v) is 8.57. The first-order valence-corrected chi connectivity index (χ1v) is 11.0. The number of halogens is 1. The zero-order valence-corrected chi connectivity index (χ0v) is 19.0. The molecule has 2 aromatic carbocycles. The highest BCUT2D eigenvalue weighted by Crippen LogP contribution is 2.34. The van der Waals surface area contributed by atoms with Gasteiger partial charge < -0.3 is 10.1 Å². The standard InChI is InChI=1S/C22H21BrN2O4S/c1-3-10-25-21(27)19(30-22(25)28)12-15-6-9-18(17(23)11-15)29-13-20(26)24-16-7-4-14(2)5-8-16/h4-9,11-12H,3,10,13H2,1-2H3,(H,24,26)/b19-12+. The van der Waals surface area contributed by atoms with E-state index >= 15 is 0 Å². The fourth-order valence-corrected chi connectivity index (χ4v) is 4.14. The number of imide groups is 1. The molecule has 0 spiro atoms. The van der Waals surface area contributed by atoms with Gasteiger partial charge in [0.2, 0.25) is 0 Å². The van der Waals surface area contributed by atoms with E-state index in [1.54, 1.807) is 24.3 Å². The number of amides is 3. The smallest absolute Gasteiger partial charge is 0.293 e. The summed E-state index contributed by atoms with van der Waals surface area (Å²) in [5.41, 5.74) is 2.57. The Morgan fingerprint density at radius 2 is 1.93 bits per heavy atom. The Hall–Kier alpha value is -2.58. The molecular weight excluding hydrogens is 468 g/mol. The topological polar surface area (TPSA) is 75.7 Å². The Kier molecular flexibility index (Phi) is 7.33. The van der Waals surface area contributed by atoms with Gasteiger partial charge in [0, 0.05) is 12.2 Å². The summed E-state index contributed by atoms with van der Waals surface area (Å²) in [6, 6.07) is 12.8. The minimum atomic E-state index is -0.268. The first kappa shape index (κ1) is 22.1. The predicted octanol–water partition coefficient (Wildman–Crippen LogP) is 5.22. The molecular formula is C22H21BrN2O4S. The molecule has 6 nitrogen and oxygen atoms in total. The van der Waals surface area contributed by atoms with Crippen molar-refractivity contribution in [3.8, 4) is 5.75 Å². The fraction of sp³-hybridized carbons (Fsp3) is 0.227. The third kappa shape index (κ3) is 5.52. The number of hydrogen-bond acceptors (Lipinski definition) is 5. The van der Waals surface area contributed by atoms with Crippen LogP contribution in [-0.2, 0) is 9.59 Å². The van der Waals surface area contributed by atoms with Crippen LogP contribution in [-0.4, -0.2) is 35.1 Å². The molecule has 0 saturated carbocycles. The molecule has 3 amide bonds. The molecule has 0 aromatic heterocycles. The maximum atomic E-state index is 12.3. The van der Waals surface area contributed by atoms with Crippen molar-refractivity contribution in [2.45, 2.75) is 20.3 Å². The van der Waals surface area contributed by atoms with Crippen molar-refractivity contribution in [1.29, 1.82) is 0 Å². The first-order valence-electron chi connectivity index (χ1n) is 9.41. The molecule has 2 aromatic rings. The largest absolute Gasteiger partial charge is 0.483 e. The summed E-state index contributed by atoms with van der Waals surface area (Å²) < 4.78 is 6.24. The third-order valence-corrected chi connectivity index (χ3v) is 5.80. The molecule has 1 heterocycles. The van der Waals surface area contributed by atoms with E-state index in [4.69, 9.17) is 4.74 Å². The van der Waals surface area contributed by atoms with Crippen molar-refractivity contribution in [3.05, 3.63) is 63.0 Å². The van der Waals surface area contributed by atoms with Gasteiger partial charge in [-0.3, -0.25) is 19.3 Å². The van der Waals surface area contributed by atoms with Crippen LogP contribution >= 0.6 is 27.7 Å². The van der Waals surface area contributed by atoms with Crippen LogP contribution in [0.3, 0.4) is 0 Å². The fourth-order valence-electron chi connectivity index (χ4n) is 2.77. The predicted molar refractivity (Wildman–Crippen MR) is 122 cm³/mol. The van der Waals surface area contributed by atoms with Crippen molar-refractivity contribution in [1.82, 2.24) is 4.90 Å². The number of ether oxygens (including phenoxy) is 1. The number of rotatable bonds is 7. The summed E-state index contributed by atoms with van der Waals surface area (Å²) in [6.07, 6.45) is 2.40.